The summed E-state index contributed by atoms with van der Waals surface area (Å²) in [5, 5.41) is 0. The molecule has 2 rings (SSSR count). The van der Waals surface area contributed by atoms with Crippen LogP contribution in [0.2, 0.25) is 0 Å². The lowest BCUT2D eigenvalue weighted by molar-refractivity contribution is 0.531. The molecule has 0 aromatic heterocycles. The maximum absolute atomic E-state index is 12.1. The molecule has 0 fully saturated rings. The molecule has 1 aliphatic rings. The second-order valence-electron chi connectivity index (χ2n) is 6.46. The Bertz CT molecular complexity index is 439. The molecule has 1 N–H and O–H groups in total. The lowest BCUT2D eigenvalue weighted by Gasteiger charge is -2.27. The summed E-state index contributed by atoms with van der Waals surface area (Å²) >= 11 is -1.02. The Morgan fingerprint density at radius 1 is 1.16 bits per heavy atom. The maximum atomic E-state index is 12.1. The van der Waals surface area contributed by atoms with Crippen LogP contribution in [-0.2, 0) is 24.2 Å². The summed E-state index contributed by atoms with van der Waals surface area (Å²) in [4.78, 5) is 0. The molecule has 2 atom stereocenters. The molecule has 106 valence electrons. The van der Waals surface area contributed by atoms with Gasteiger partial charge in [0.2, 0.25) is 0 Å². The summed E-state index contributed by atoms with van der Waals surface area (Å²) in [6, 6.07) is 6.86. The second-order valence-corrected chi connectivity index (χ2v) is 8.45. The first-order valence-electron chi connectivity index (χ1n) is 7.17. The molecule has 0 saturated heterocycles. The van der Waals surface area contributed by atoms with Crippen LogP contribution in [0.15, 0.2) is 18.2 Å². The van der Waals surface area contributed by atoms with E-state index in [4.69, 9.17) is 0 Å². The summed E-state index contributed by atoms with van der Waals surface area (Å²) in [5.41, 5.74) is 4.23. The molecule has 0 heterocycles. The number of hydrogen-bond acceptors (Lipinski definition) is 2. The standard InChI is InChI=1S/C16H25NOS/c1-12(17-19(18)16(2,3)4)14-10-9-13-7-5-6-8-15(13)11-14/h9-12,17H,5-8H2,1-4H3. The summed E-state index contributed by atoms with van der Waals surface area (Å²) in [6.45, 7) is 8.08. The zero-order chi connectivity index (χ0) is 14.0. The van der Waals surface area contributed by atoms with Gasteiger partial charge in [0.25, 0.3) is 0 Å². The van der Waals surface area contributed by atoms with Crippen molar-refractivity contribution in [2.45, 2.75) is 64.2 Å². The number of benzene rings is 1. The normalized spacial score (nSPS) is 18.8. The fourth-order valence-corrected chi connectivity index (χ4v) is 3.24. The van der Waals surface area contributed by atoms with Crippen molar-refractivity contribution in [2.75, 3.05) is 0 Å². The van der Waals surface area contributed by atoms with E-state index in [1.54, 1.807) is 0 Å². The average Bonchev–Trinajstić information content (AvgIpc) is 2.37. The van der Waals surface area contributed by atoms with Gasteiger partial charge in [-0.15, -0.1) is 4.72 Å². The first-order chi connectivity index (χ1) is 8.88. The van der Waals surface area contributed by atoms with Crippen molar-refractivity contribution in [3.63, 3.8) is 0 Å². The minimum Gasteiger partial charge on any atom is -0.598 e. The molecule has 2 nitrogen and oxygen atoms in total. The van der Waals surface area contributed by atoms with Crippen LogP contribution >= 0.6 is 0 Å². The second kappa shape index (κ2) is 5.86. The lowest BCUT2D eigenvalue weighted by Crippen LogP contribution is -2.40. The molecule has 1 aromatic carbocycles. The van der Waals surface area contributed by atoms with E-state index < -0.39 is 11.4 Å². The third kappa shape index (κ3) is 3.74. The van der Waals surface area contributed by atoms with E-state index in [0.717, 1.165) is 0 Å². The number of hydrogen-bond donors (Lipinski definition) is 1. The van der Waals surface area contributed by atoms with Crippen molar-refractivity contribution in [3.8, 4) is 0 Å². The van der Waals surface area contributed by atoms with Crippen LogP contribution in [-0.4, -0.2) is 9.30 Å². The van der Waals surface area contributed by atoms with Crippen LogP contribution in [0, 0.1) is 0 Å². The van der Waals surface area contributed by atoms with E-state index in [-0.39, 0.29) is 10.8 Å². The molecule has 19 heavy (non-hydrogen) atoms. The Labute approximate surface area is 120 Å². The highest BCUT2D eigenvalue weighted by Gasteiger charge is 2.28. The van der Waals surface area contributed by atoms with E-state index in [1.807, 2.05) is 20.8 Å². The van der Waals surface area contributed by atoms with Crippen molar-refractivity contribution >= 4 is 11.4 Å². The summed E-state index contributed by atoms with van der Waals surface area (Å²) < 4.78 is 15.1. The highest BCUT2D eigenvalue weighted by molar-refractivity contribution is 7.90. The van der Waals surface area contributed by atoms with E-state index >= 15 is 0 Å². The van der Waals surface area contributed by atoms with Crippen molar-refractivity contribution < 1.29 is 4.55 Å². The monoisotopic (exact) mass is 279 g/mol. The van der Waals surface area contributed by atoms with Crippen LogP contribution in [0.25, 0.3) is 0 Å². The predicted octanol–water partition coefficient (Wildman–Crippen LogP) is 3.68. The Morgan fingerprint density at radius 3 is 2.42 bits per heavy atom. The molecular weight excluding hydrogens is 254 g/mol. The number of aryl methyl sites for hydroxylation is 2. The molecule has 0 amide bonds. The van der Waals surface area contributed by atoms with Gasteiger partial charge in [-0.1, -0.05) is 18.2 Å². The average molecular weight is 279 g/mol. The smallest absolute Gasteiger partial charge is 0.136 e. The van der Waals surface area contributed by atoms with Crippen LogP contribution in [0.4, 0.5) is 0 Å². The van der Waals surface area contributed by atoms with Crippen LogP contribution in [0.1, 0.15) is 63.3 Å². The number of nitrogens with one attached hydrogen (secondary N) is 1. The molecule has 2 unspecified atom stereocenters. The Balaban J connectivity index is 2.09. The third-order valence-corrected chi connectivity index (χ3v) is 5.39. The van der Waals surface area contributed by atoms with Crippen molar-refractivity contribution in [3.05, 3.63) is 34.9 Å². The first kappa shape index (κ1) is 14.9. The molecular formula is C16H25NOS. The van der Waals surface area contributed by atoms with Gasteiger partial charge in [-0.2, -0.15) is 0 Å². The van der Waals surface area contributed by atoms with E-state index in [2.05, 4.69) is 29.8 Å². The number of rotatable bonds is 3. The molecule has 0 spiro atoms. The molecule has 0 radical (unpaired) electrons. The van der Waals surface area contributed by atoms with Gasteiger partial charge in [0.05, 0.1) is 6.04 Å². The summed E-state index contributed by atoms with van der Waals surface area (Å²) in [6.07, 6.45) is 5.02. The zero-order valence-corrected chi connectivity index (χ0v) is 13.3. The Morgan fingerprint density at radius 2 is 1.79 bits per heavy atom. The zero-order valence-electron chi connectivity index (χ0n) is 12.5. The van der Waals surface area contributed by atoms with Gasteiger partial charge in [0.15, 0.2) is 0 Å². The minimum absolute atomic E-state index is 0.132. The van der Waals surface area contributed by atoms with Gasteiger partial charge in [0, 0.05) is 11.4 Å². The van der Waals surface area contributed by atoms with E-state index in [1.165, 1.54) is 42.4 Å². The Kier molecular flexibility index (Phi) is 4.59. The van der Waals surface area contributed by atoms with Gasteiger partial charge in [-0.05, 0) is 70.1 Å². The maximum Gasteiger partial charge on any atom is 0.136 e. The van der Waals surface area contributed by atoms with Crippen LogP contribution in [0.3, 0.4) is 0 Å². The Hall–Kier alpha value is -0.510. The first-order valence-corrected chi connectivity index (χ1v) is 8.32. The molecule has 1 aliphatic carbocycles. The molecule has 0 bridgehead atoms. The van der Waals surface area contributed by atoms with E-state index in [9.17, 15) is 4.55 Å². The van der Waals surface area contributed by atoms with Gasteiger partial charge in [-0.25, -0.2) is 0 Å². The van der Waals surface area contributed by atoms with Gasteiger partial charge < -0.3 is 4.55 Å². The fraction of sp³-hybridized carbons (Fsp3) is 0.625. The SMILES string of the molecule is CC(N[S+]([O-])C(C)(C)C)c1ccc2c(c1)CCCC2. The van der Waals surface area contributed by atoms with Gasteiger partial charge in [-0.3, -0.25) is 0 Å². The van der Waals surface area contributed by atoms with Crippen LogP contribution < -0.4 is 4.72 Å². The summed E-state index contributed by atoms with van der Waals surface area (Å²) in [7, 11) is 0. The van der Waals surface area contributed by atoms with Crippen molar-refractivity contribution in [1.82, 2.24) is 4.72 Å². The van der Waals surface area contributed by atoms with Crippen molar-refractivity contribution in [2.24, 2.45) is 0 Å². The van der Waals surface area contributed by atoms with E-state index in [0.29, 0.717) is 0 Å². The molecule has 1 aromatic rings. The highest BCUT2D eigenvalue weighted by Crippen LogP contribution is 2.26. The lowest BCUT2D eigenvalue weighted by atomic mass is 9.89. The van der Waals surface area contributed by atoms with Gasteiger partial charge in [0.1, 0.15) is 4.75 Å². The molecule has 3 heteroatoms. The predicted molar refractivity (Wildman–Crippen MR) is 82.5 cm³/mol. The van der Waals surface area contributed by atoms with Crippen molar-refractivity contribution in [1.29, 1.82) is 0 Å². The molecule has 0 saturated carbocycles. The number of fused-ring (bicyclic) bond motifs is 1. The van der Waals surface area contributed by atoms with Crippen LogP contribution in [0.5, 0.6) is 0 Å². The highest BCUT2D eigenvalue weighted by atomic mass is 32.2. The molecule has 0 aliphatic heterocycles. The third-order valence-electron chi connectivity index (χ3n) is 3.71. The topological polar surface area (TPSA) is 35.1 Å². The largest absolute Gasteiger partial charge is 0.598 e. The minimum atomic E-state index is -1.02. The van der Waals surface area contributed by atoms with Gasteiger partial charge >= 0.3 is 0 Å². The quantitative estimate of drug-likeness (QED) is 0.857. The fourth-order valence-electron chi connectivity index (χ4n) is 2.43. The summed E-state index contributed by atoms with van der Waals surface area (Å²) in [5.74, 6) is 0.